The van der Waals surface area contributed by atoms with Crippen molar-refractivity contribution in [3.63, 3.8) is 0 Å². The quantitative estimate of drug-likeness (QED) is 0.842. The highest BCUT2D eigenvalue weighted by molar-refractivity contribution is 7.15. The van der Waals surface area contributed by atoms with Crippen molar-refractivity contribution in [1.29, 1.82) is 0 Å². The lowest BCUT2D eigenvalue weighted by atomic mass is 10.1. The molecule has 0 saturated carbocycles. The first-order valence-corrected chi connectivity index (χ1v) is 5.66. The summed E-state index contributed by atoms with van der Waals surface area (Å²) in [5, 5.41) is 10.2. The highest BCUT2D eigenvalue weighted by atomic mass is 32.1. The third kappa shape index (κ3) is 2.08. The fourth-order valence-electron chi connectivity index (χ4n) is 1.59. The zero-order valence-corrected chi connectivity index (χ0v) is 9.64. The molecule has 2 rings (SSSR count). The fraction of sp³-hybridized carbons (Fsp3) is 0.250. The van der Waals surface area contributed by atoms with Crippen LogP contribution in [0.1, 0.15) is 16.3 Å². The predicted molar refractivity (Wildman–Crippen MR) is 62.9 cm³/mol. The first-order valence-electron chi connectivity index (χ1n) is 4.85. The van der Waals surface area contributed by atoms with Crippen molar-refractivity contribution in [1.82, 2.24) is 4.98 Å². The number of thiazole rings is 1. The maximum atomic E-state index is 9.21. The monoisotopic (exact) mass is 219 g/mol. The highest BCUT2D eigenvalue weighted by Crippen LogP contribution is 2.30. The normalized spacial score (nSPS) is 10.6. The maximum Gasteiger partial charge on any atom is 0.0904 e. The average molecular weight is 219 g/mol. The summed E-state index contributed by atoms with van der Waals surface area (Å²) >= 11 is 1.63. The molecule has 78 valence electrons. The van der Waals surface area contributed by atoms with Crippen molar-refractivity contribution in [2.45, 2.75) is 20.5 Å². The van der Waals surface area contributed by atoms with Crippen LogP contribution in [0.3, 0.4) is 0 Å². The highest BCUT2D eigenvalue weighted by Gasteiger charge is 2.09. The number of aliphatic hydroxyl groups excluding tert-OH is 1. The summed E-state index contributed by atoms with van der Waals surface area (Å²) in [5.41, 5.74) is 3.15. The Kier molecular flexibility index (Phi) is 2.84. The molecule has 0 aliphatic heterocycles. The Morgan fingerprint density at radius 1 is 1.33 bits per heavy atom. The second kappa shape index (κ2) is 4.13. The van der Waals surface area contributed by atoms with E-state index in [1.807, 2.05) is 13.0 Å². The number of hydrogen-bond acceptors (Lipinski definition) is 3. The SMILES string of the molecule is Cc1cccc(-c2sc(C)nc2CO)c1. The third-order valence-corrected chi connectivity index (χ3v) is 3.30. The van der Waals surface area contributed by atoms with Crippen LogP contribution in [-0.2, 0) is 6.61 Å². The van der Waals surface area contributed by atoms with Crippen LogP contribution >= 0.6 is 11.3 Å². The van der Waals surface area contributed by atoms with Crippen LogP contribution < -0.4 is 0 Å². The summed E-state index contributed by atoms with van der Waals surface area (Å²) in [5.74, 6) is 0. The molecule has 0 bridgehead atoms. The first-order chi connectivity index (χ1) is 7.20. The second-order valence-electron chi connectivity index (χ2n) is 3.54. The molecule has 0 aliphatic rings. The number of aryl methyl sites for hydroxylation is 2. The molecule has 0 radical (unpaired) electrons. The van der Waals surface area contributed by atoms with E-state index in [-0.39, 0.29) is 6.61 Å². The minimum Gasteiger partial charge on any atom is -0.390 e. The lowest BCUT2D eigenvalue weighted by Gasteiger charge is -2.00. The van der Waals surface area contributed by atoms with E-state index in [9.17, 15) is 5.11 Å². The third-order valence-electron chi connectivity index (χ3n) is 2.23. The maximum absolute atomic E-state index is 9.21. The van der Waals surface area contributed by atoms with E-state index in [4.69, 9.17) is 0 Å². The topological polar surface area (TPSA) is 33.1 Å². The first kappa shape index (κ1) is 10.3. The van der Waals surface area contributed by atoms with Gasteiger partial charge in [0.05, 0.1) is 22.2 Å². The summed E-state index contributed by atoms with van der Waals surface area (Å²) in [6.07, 6.45) is 0. The van der Waals surface area contributed by atoms with E-state index in [1.165, 1.54) is 5.56 Å². The molecular formula is C12H13NOS. The van der Waals surface area contributed by atoms with Gasteiger partial charge >= 0.3 is 0 Å². The molecule has 1 heterocycles. The van der Waals surface area contributed by atoms with Crippen LogP contribution in [-0.4, -0.2) is 10.1 Å². The Bertz CT molecular complexity index is 476. The lowest BCUT2D eigenvalue weighted by Crippen LogP contribution is -1.86. The Balaban J connectivity index is 2.53. The minimum absolute atomic E-state index is 0.00755. The van der Waals surface area contributed by atoms with E-state index in [1.54, 1.807) is 11.3 Å². The van der Waals surface area contributed by atoms with Gasteiger partial charge in [-0.2, -0.15) is 0 Å². The molecule has 1 N–H and O–H groups in total. The Morgan fingerprint density at radius 3 is 2.80 bits per heavy atom. The lowest BCUT2D eigenvalue weighted by molar-refractivity contribution is 0.278. The Hall–Kier alpha value is -1.19. The van der Waals surface area contributed by atoms with Crippen molar-refractivity contribution in [2.24, 2.45) is 0 Å². The molecule has 0 aliphatic carbocycles. The molecule has 2 nitrogen and oxygen atoms in total. The standard InChI is InChI=1S/C12H13NOS/c1-8-4-3-5-10(6-8)12-11(7-14)13-9(2)15-12/h3-6,14H,7H2,1-2H3. The smallest absolute Gasteiger partial charge is 0.0904 e. The van der Waals surface area contributed by atoms with Crippen LogP contribution in [0, 0.1) is 13.8 Å². The van der Waals surface area contributed by atoms with Crippen LogP contribution in [0.25, 0.3) is 10.4 Å². The van der Waals surface area contributed by atoms with Crippen molar-refractivity contribution < 1.29 is 5.11 Å². The largest absolute Gasteiger partial charge is 0.390 e. The van der Waals surface area contributed by atoms with Gasteiger partial charge in [-0.05, 0) is 19.4 Å². The van der Waals surface area contributed by atoms with E-state index < -0.39 is 0 Å². The van der Waals surface area contributed by atoms with Gasteiger partial charge in [0.1, 0.15) is 0 Å². The summed E-state index contributed by atoms with van der Waals surface area (Å²) in [6.45, 7) is 4.03. The molecule has 1 aromatic heterocycles. The van der Waals surface area contributed by atoms with Gasteiger partial charge in [-0.3, -0.25) is 0 Å². The van der Waals surface area contributed by atoms with Crippen LogP contribution in [0.15, 0.2) is 24.3 Å². The minimum atomic E-state index is 0.00755. The van der Waals surface area contributed by atoms with E-state index in [0.717, 1.165) is 21.1 Å². The van der Waals surface area contributed by atoms with E-state index in [2.05, 4.69) is 30.1 Å². The summed E-state index contributed by atoms with van der Waals surface area (Å²) in [6, 6.07) is 8.27. The molecule has 3 heteroatoms. The van der Waals surface area contributed by atoms with Gasteiger partial charge in [0.15, 0.2) is 0 Å². The zero-order valence-electron chi connectivity index (χ0n) is 8.82. The zero-order chi connectivity index (χ0) is 10.8. The predicted octanol–water partition coefficient (Wildman–Crippen LogP) is 2.92. The second-order valence-corrected chi connectivity index (χ2v) is 4.74. The number of rotatable bonds is 2. The van der Waals surface area contributed by atoms with Crippen molar-refractivity contribution in [2.75, 3.05) is 0 Å². The number of aliphatic hydroxyl groups is 1. The molecule has 0 saturated heterocycles. The number of benzene rings is 1. The Morgan fingerprint density at radius 2 is 2.13 bits per heavy atom. The van der Waals surface area contributed by atoms with E-state index in [0.29, 0.717) is 0 Å². The molecule has 0 atom stereocenters. The van der Waals surface area contributed by atoms with Gasteiger partial charge < -0.3 is 5.11 Å². The summed E-state index contributed by atoms with van der Waals surface area (Å²) in [4.78, 5) is 5.39. The van der Waals surface area contributed by atoms with Gasteiger partial charge in [-0.25, -0.2) is 4.98 Å². The van der Waals surface area contributed by atoms with Crippen molar-refractivity contribution in [3.05, 3.63) is 40.5 Å². The van der Waals surface area contributed by atoms with Crippen molar-refractivity contribution >= 4 is 11.3 Å². The number of hydrogen-bond donors (Lipinski definition) is 1. The average Bonchev–Trinajstić information content (AvgIpc) is 2.59. The Labute approximate surface area is 93.2 Å². The van der Waals surface area contributed by atoms with Gasteiger partial charge in [0, 0.05) is 0 Å². The molecule has 2 aromatic rings. The molecule has 0 fully saturated rings. The summed E-state index contributed by atoms with van der Waals surface area (Å²) in [7, 11) is 0. The van der Waals surface area contributed by atoms with Crippen LogP contribution in [0.5, 0.6) is 0 Å². The molecular weight excluding hydrogens is 206 g/mol. The molecule has 0 unspecified atom stereocenters. The molecule has 0 spiro atoms. The van der Waals surface area contributed by atoms with E-state index >= 15 is 0 Å². The van der Waals surface area contributed by atoms with Crippen molar-refractivity contribution in [3.8, 4) is 10.4 Å². The van der Waals surface area contributed by atoms with Crippen LogP contribution in [0.4, 0.5) is 0 Å². The number of aromatic nitrogens is 1. The van der Waals surface area contributed by atoms with Gasteiger partial charge in [0.25, 0.3) is 0 Å². The summed E-state index contributed by atoms with van der Waals surface area (Å²) < 4.78 is 0. The van der Waals surface area contributed by atoms with Gasteiger partial charge in [-0.1, -0.05) is 29.8 Å². The molecule has 15 heavy (non-hydrogen) atoms. The van der Waals surface area contributed by atoms with Crippen LogP contribution in [0.2, 0.25) is 0 Å². The number of nitrogens with zero attached hydrogens (tertiary/aromatic N) is 1. The molecule has 1 aromatic carbocycles. The van der Waals surface area contributed by atoms with Gasteiger partial charge in [0.2, 0.25) is 0 Å². The molecule has 0 amide bonds. The van der Waals surface area contributed by atoms with Gasteiger partial charge in [-0.15, -0.1) is 11.3 Å². The fourth-order valence-corrected chi connectivity index (χ4v) is 2.51.